The largest absolute Gasteiger partial charge is 0.433 e. The van der Waals surface area contributed by atoms with Gasteiger partial charge in [0.25, 0.3) is 0 Å². The zero-order valence-corrected chi connectivity index (χ0v) is 21.1. The monoisotopic (exact) mass is 534 g/mol. The molecule has 0 spiro atoms. The summed E-state index contributed by atoms with van der Waals surface area (Å²) in [7, 11) is 0. The molecule has 0 aliphatic heterocycles. The summed E-state index contributed by atoms with van der Waals surface area (Å²) >= 11 is 0.914. The van der Waals surface area contributed by atoms with Gasteiger partial charge in [-0.25, -0.2) is 19.2 Å². The van der Waals surface area contributed by atoms with Crippen LogP contribution in [0, 0.1) is 13.8 Å². The summed E-state index contributed by atoms with van der Waals surface area (Å²) in [6, 6.07) is 17.2. The molecule has 0 saturated carbocycles. The first-order valence-electron chi connectivity index (χ1n) is 11.5. The van der Waals surface area contributed by atoms with E-state index in [1.165, 1.54) is 12.3 Å². The lowest BCUT2D eigenvalue weighted by atomic mass is 10.1. The van der Waals surface area contributed by atoms with Gasteiger partial charge < -0.3 is 5.32 Å². The van der Waals surface area contributed by atoms with Crippen LogP contribution in [0.25, 0.3) is 27.5 Å². The van der Waals surface area contributed by atoms with Crippen molar-refractivity contribution in [3.63, 3.8) is 0 Å². The molecule has 0 saturated heterocycles. The summed E-state index contributed by atoms with van der Waals surface area (Å²) in [6.07, 6.45) is -0.106. The van der Waals surface area contributed by atoms with Gasteiger partial charge in [0.15, 0.2) is 0 Å². The van der Waals surface area contributed by atoms with Crippen LogP contribution >= 0.6 is 12.1 Å². The summed E-state index contributed by atoms with van der Waals surface area (Å²) in [5, 5.41) is 4.64. The van der Waals surface area contributed by atoms with Crippen LogP contribution in [-0.4, -0.2) is 26.8 Å². The first-order valence-corrected chi connectivity index (χ1v) is 12.2. The maximum absolute atomic E-state index is 12.8. The molecule has 0 bridgehead atoms. The zero-order chi connectivity index (χ0) is 26.9. The van der Waals surface area contributed by atoms with Crippen LogP contribution in [0.3, 0.4) is 0 Å². The van der Waals surface area contributed by atoms with Gasteiger partial charge in [0.05, 0.1) is 35.1 Å². The van der Waals surface area contributed by atoms with Crippen molar-refractivity contribution < 1.29 is 18.0 Å². The number of amides is 2. The lowest BCUT2D eigenvalue weighted by Crippen LogP contribution is -2.23. The number of urea groups is 1. The Balaban J connectivity index is 1.29. The Bertz CT molecular complexity index is 1660. The molecule has 5 aromatic rings. The van der Waals surface area contributed by atoms with E-state index in [9.17, 15) is 18.0 Å². The number of rotatable bonds is 5. The summed E-state index contributed by atoms with van der Waals surface area (Å²) < 4.78 is 47.1. The van der Waals surface area contributed by atoms with Crippen molar-refractivity contribution in [1.29, 1.82) is 0 Å². The van der Waals surface area contributed by atoms with Gasteiger partial charge in [-0.15, -0.1) is 0 Å². The van der Waals surface area contributed by atoms with Gasteiger partial charge >= 0.3 is 12.2 Å². The van der Waals surface area contributed by atoms with Crippen LogP contribution in [0.1, 0.15) is 22.4 Å². The first-order chi connectivity index (χ1) is 18.2. The van der Waals surface area contributed by atoms with E-state index < -0.39 is 11.9 Å². The molecule has 0 radical (unpaired) electrons. The maximum atomic E-state index is 12.8. The number of nitrogens with one attached hydrogen (secondary N) is 2. The topological polar surface area (TPSA) is 84.2 Å². The Morgan fingerprint density at radius 2 is 1.82 bits per heavy atom. The number of alkyl halides is 3. The Labute approximate surface area is 220 Å². The van der Waals surface area contributed by atoms with Gasteiger partial charge in [0, 0.05) is 17.3 Å². The van der Waals surface area contributed by atoms with E-state index in [-0.39, 0.29) is 6.03 Å². The number of nitrogens with zero attached hydrogens (tertiary/aromatic N) is 4. The number of benzene rings is 3. The molecule has 2 aromatic heterocycles. The molecule has 0 atom stereocenters. The number of fused-ring (bicyclic) bond motifs is 3. The van der Waals surface area contributed by atoms with Crippen molar-refractivity contribution in [3.05, 3.63) is 95.6 Å². The smallest absolute Gasteiger partial charge is 0.307 e. The van der Waals surface area contributed by atoms with E-state index in [0.717, 1.165) is 56.9 Å². The van der Waals surface area contributed by atoms with E-state index in [1.54, 1.807) is 17.1 Å². The van der Waals surface area contributed by atoms with Crippen LogP contribution in [0.2, 0.25) is 0 Å². The van der Waals surface area contributed by atoms with Crippen LogP contribution in [0.15, 0.2) is 77.6 Å². The Hall–Kier alpha value is -4.38. The van der Waals surface area contributed by atoms with Crippen molar-refractivity contribution in [2.24, 2.45) is 4.40 Å². The van der Waals surface area contributed by atoms with Crippen molar-refractivity contribution in [2.75, 3.05) is 5.32 Å². The number of aryl methyl sites for hydroxylation is 2. The third-order valence-electron chi connectivity index (χ3n) is 5.98. The molecule has 0 aliphatic carbocycles. The lowest BCUT2D eigenvalue weighted by molar-refractivity contribution is -0.141. The van der Waals surface area contributed by atoms with Crippen molar-refractivity contribution in [3.8, 4) is 5.69 Å². The molecule has 0 fully saturated rings. The molecule has 38 heavy (non-hydrogen) atoms. The highest BCUT2D eigenvalue weighted by Crippen LogP contribution is 2.30. The third kappa shape index (κ3) is 5.18. The number of hydrogen-bond donors (Lipinski definition) is 2. The number of pyridine rings is 1. The molecule has 2 N–H and O–H groups in total. The van der Waals surface area contributed by atoms with Gasteiger partial charge in [-0.1, -0.05) is 36.4 Å². The minimum atomic E-state index is -4.49. The molecular formula is C27H21F3N6OS. The van der Waals surface area contributed by atoms with Crippen molar-refractivity contribution in [2.45, 2.75) is 20.0 Å². The number of carbonyl (C=O) groups is 1. The fraction of sp³-hybridized carbons (Fsp3) is 0.111. The van der Waals surface area contributed by atoms with Gasteiger partial charge in [-0.05, 0) is 60.2 Å². The number of aromatic nitrogens is 3. The van der Waals surface area contributed by atoms with Crippen LogP contribution in [-0.2, 0) is 6.18 Å². The molecule has 7 nitrogen and oxygen atoms in total. The molecule has 192 valence electrons. The van der Waals surface area contributed by atoms with E-state index in [2.05, 4.69) is 24.4 Å². The number of anilines is 1. The number of carbonyl (C=O) groups excluding carboxylic acids is 1. The molecule has 2 heterocycles. The number of para-hydroxylation sites is 1. The predicted octanol–water partition coefficient (Wildman–Crippen LogP) is 7.01. The Morgan fingerprint density at radius 3 is 2.53 bits per heavy atom. The predicted molar refractivity (Wildman–Crippen MR) is 145 cm³/mol. The van der Waals surface area contributed by atoms with Gasteiger partial charge in [-0.2, -0.15) is 13.2 Å². The first kappa shape index (κ1) is 25.3. The molecule has 11 heteroatoms. The van der Waals surface area contributed by atoms with E-state index in [0.29, 0.717) is 11.2 Å². The second-order valence-corrected chi connectivity index (χ2v) is 9.17. The highest BCUT2D eigenvalue weighted by Gasteiger charge is 2.32. The van der Waals surface area contributed by atoms with Crippen LogP contribution in [0.5, 0.6) is 0 Å². The van der Waals surface area contributed by atoms with Crippen molar-refractivity contribution >= 4 is 51.9 Å². The summed E-state index contributed by atoms with van der Waals surface area (Å²) in [4.78, 5) is 20.2. The minimum absolute atomic E-state index is 0.371. The number of hydrogen-bond acceptors (Lipinski definition) is 5. The standard InChI is InChI=1S/C27H21F3N6OS/c1-16-4-3-5-17(2)24(16)34-26(37)35-38-33-13-18-6-9-21-19(12-18)7-10-22-25(21)32-15-36(22)20-8-11-23(31-14-20)27(28,29)30/h3-15H,1-2H3,(H2,34,35,37)/b33-13+. The van der Waals surface area contributed by atoms with Gasteiger partial charge in [0.2, 0.25) is 0 Å². The summed E-state index contributed by atoms with van der Waals surface area (Å²) in [5.74, 6) is 0. The average Bonchev–Trinajstić information content (AvgIpc) is 3.33. The lowest BCUT2D eigenvalue weighted by Gasteiger charge is -2.10. The Kier molecular flexibility index (Phi) is 6.77. The molecule has 5 rings (SSSR count). The van der Waals surface area contributed by atoms with Crippen LogP contribution < -0.4 is 10.0 Å². The Morgan fingerprint density at radius 1 is 1.03 bits per heavy atom. The molecule has 3 aromatic carbocycles. The van der Waals surface area contributed by atoms with Crippen molar-refractivity contribution in [1.82, 2.24) is 19.3 Å². The van der Waals surface area contributed by atoms with Crippen LogP contribution in [0.4, 0.5) is 23.7 Å². The minimum Gasteiger partial charge on any atom is -0.307 e. The average molecular weight is 535 g/mol. The van der Waals surface area contributed by atoms with Gasteiger partial charge in [0.1, 0.15) is 12.0 Å². The number of halogens is 3. The maximum Gasteiger partial charge on any atom is 0.433 e. The van der Waals surface area contributed by atoms with E-state index >= 15 is 0 Å². The second kappa shape index (κ2) is 10.2. The molecular weight excluding hydrogens is 513 g/mol. The highest BCUT2D eigenvalue weighted by atomic mass is 32.2. The quantitative estimate of drug-likeness (QED) is 0.188. The molecule has 2 amide bonds. The normalized spacial score (nSPS) is 11.9. The fourth-order valence-electron chi connectivity index (χ4n) is 4.12. The van der Waals surface area contributed by atoms with E-state index in [4.69, 9.17) is 0 Å². The second-order valence-electron chi connectivity index (χ2n) is 8.58. The fourth-order valence-corrected chi connectivity index (χ4v) is 4.48. The summed E-state index contributed by atoms with van der Waals surface area (Å²) in [6.45, 7) is 3.86. The van der Waals surface area contributed by atoms with Gasteiger partial charge in [-0.3, -0.25) is 9.29 Å². The third-order valence-corrected chi connectivity index (χ3v) is 6.47. The SMILES string of the molecule is Cc1cccc(C)c1NC(=O)NS/N=C/c1ccc2c(ccc3c2ncn3-c2ccc(C(F)(F)F)nc2)c1. The van der Waals surface area contributed by atoms with E-state index in [1.807, 2.05) is 62.4 Å². The number of imidazole rings is 1. The molecule has 0 unspecified atom stereocenters. The highest BCUT2D eigenvalue weighted by molar-refractivity contribution is 7.96. The summed E-state index contributed by atoms with van der Waals surface area (Å²) in [5.41, 5.74) is 4.54. The zero-order valence-electron chi connectivity index (χ0n) is 20.2. The molecule has 0 aliphatic rings.